The third-order valence-corrected chi connectivity index (χ3v) is 8.45. The maximum Gasteiger partial charge on any atom is 0.0434 e. The van der Waals surface area contributed by atoms with Gasteiger partial charge in [-0.15, -0.1) is 22.7 Å². The first kappa shape index (κ1) is 16.6. The Morgan fingerprint density at radius 2 is 0.800 bits per heavy atom. The normalized spacial score (nSPS) is 12.0. The van der Waals surface area contributed by atoms with Crippen molar-refractivity contribution in [3.8, 4) is 20.9 Å². The van der Waals surface area contributed by atoms with Crippen molar-refractivity contribution in [1.29, 1.82) is 0 Å². The highest BCUT2D eigenvalue weighted by molar-refractivity contribution is 7.25. The van der Waals surface area contributed by atoms with E-state index in [-0.39, 0.29) is 0 Å². The van der Waals surface area contributed by atoms with Crippen LogP contribution in [-0.2, 0) is 0 Å². The predicted molar refractivity (Wildman–Crippen MR) is 134 cm³/mol. The summed E-state index contributed by atoms with van der Waals surface area (Å²) < 4.78 is 2.74. The molecular formula is C28H16S2. The lowest BCUT2D eigenvalue weighted by atomic mass is 9.92. The summed E-state index contributed by atoms with van der Waals surface area (Å²) in [5, 5.41) is 8.41. The van der Waals surface area contributed by atoms with Crippen molar-refractivity contribution in [2.75, 3.05) is 0 Å². The fourth-order valence-corrected chi connectivity index (χ4v) is 7.31. The van der Waals surface area contributed by atoms with Crippen molar-refractivity contribution in [2.24, 2.45) is 0 Å². The Labute approximate surface area is 182 Å². The van der Waals surface area contributed by atoms with E-state index in [1.807, 2.05) is 22.7 Å². The Kier molecular flexibility index (Phi) is 3.40. The first-order valence-electron chi connectivity index (χ1n) is 10.1. The summed E-state index contributed by atoms with van der Waals surface area (Å²) in [4.78, 5) is 2.76. The zero-order chi connectivity index (χ0) is 19.7. The Hall–Kier alpha value is -3.20. The third-order valence-electron chi connectivity index (χ3n) is 6.04. The molecule has 2 heteroatoms. The van der Waals surface area contributed by atoms with Gasteiger partial charge in [-0.3, -0.25) is 0 Å². The zero-order valence-corrected chi connectivity index (χ0v) is 17.7. The average Bonchev–Trinajstić information content (AvgIpc) is 3.39. The predicted octanol–water partition coefficient (Wildman–Crippen LogP) is 9.19. The summed E-state index contributed by atoms with van der Waals surface area (Å²) in [6.45, 7) is 0. The van der Waals surface area contributed by atoms with Crippen molar-refractivity contribution in [2.45, 2.75) is 0 Å². The molecule has 0 fully saturated rings. The van der Waals surface area contributed by atoms with Gasteiger partial charge < -0.3 is 0 Å². The largest absolute Gasteiger partial charge is 0.135 e. The molecular weight excluding hydrogens is 400 g/mol. The number of thiophene rings is 2. The van der Waals surface area contributed by atoms with Gasteiger partial charge in [-0.2, -0.15) is 0 Å². The quantitative estimate of drug-likeness (QED) is 0.246. The second kappa shape index (κ2) is 6.15. The van der Waals surface area contributed by atoms with Crippen LogP contribution in [0.15, 0.2) is 97.1 Å². The van der Waals surface area contributed by atoms with E-state index in [2.05, 4.69) is 97.1 Å². The Bertz CT molecular complexity index is 1540. The molecule has 0 unspecified atom stereocenters. The molecule has 0 saturated heterocycles. The van der Waals surface area contributed by atoms with Crippen molar-refractivity contribution in [3.05, 3.63) is 97.1 Å². The standard InChI is InChI=1S/C28H16S2/c1-3-9-17(10-4-1)27-25-19-13-7-16-22-24(19)26(20-14-8-15-21(29-27)23(20)25)28(30-22)18-11-5-2-6-12-18/h1-16H. The lowest BCUT2D eigenvalue weighted by Gasteiger charge is -2.09. The van der Waals surface area contributed by atoms with Crippen LogP contribution in [0.25, 0.3) is 62.6 Å². The van der Waals surface area contributed by atoms with Gasteiger partial charge >= 0.3 is 0 Å². The molecule has 0 aliphatic carbocycles. The van der Waals surface area contributed by atoms with E-state index >= 15 is 0 Å². The summed E-state index contributed by atoms with van der Waals surface area (Å²) in [5.41, 5.74) is 2.61. The Balaban J connectivity index is 1.76. The van der Waals surface area contributed by atoms with Crippen LogP contribution in [-0.4, -0.2) is 0 Å². The molecule has 0 nitrogen and oxygen atoms in total. The van der Waals surface area contributed by atoms with E-state index in [4.69, 9.17) is 0 Å². The molecule has 0 spiro atoms. The van der Waals surface area contributed by atoms with Crippen LogP contribution < -0.4 is 0 Å². The van der Waals surface area contributed by atoms with Gasteiger partial charge in [0, 0.05) is 40.7 Å². The Morgan fingerprint density at radius 3 is 1.23 bits per heavy atom. The minimum Gasteiger partial charge on any atom is -0.135 e. The number of hydrogen-bond donors (Lipinski definition) is 0. The molecule has 2 aromatic heterocycles. The van der Waals surface area contributed by atoms with Crippen LogP contribution in [0.1, 0.15) is 0 Å². The first-order chi connectivity index (χ1) is 14.9. The molecule has 0 atom stereocenters. The lowest BCUT2D eigenvalue weighted by molar-refractivity contribution is 1.71. The maximum absolute atomic E-state index is 2.32. The van der Waals surface area contributed by atoms with Crippen LogP contribution in [0, 0.1) is 0 Å². The monoisotopic (exact) mass is 416 g/mol. The fraction of sp³-hybridized carbons (Fsp3) is 0. The first-order valence-corrected chi connectivity index (χ1v) is 11.8. The molecule has 140 valence electrons. The summed E-state index contributed by atoms with van der Waals surface area (Å²) in [6, 6.07) is 35.3. The molecule has 0 aliphatic heterocycles. The van der Waals surface area contributed by atoms with Gasteiger partial charge in [0.15, 0.2) is 0 Å². The summed E-state index contributed by atoms with van der Waals surface area (Å²) in [7, 11) is 0. The third kappa shape index (κ3) is 2.15. The van der Waals surface area contributed by atoms with E-state index in [9.17, 15) is 0 Å². The van der Waals surface area contributed by atoms with Crippen LogP contribution in [0.2, 0.25) is 0 Å². The van der Waals surface area contributed by atoms with E-state index in [0.717, 1.165) is 0 Å². The lowest BCUT2D eigenvalue weighted by Crippen LogP contribution is -1.82. The summed E-state index contributed by atoms with van der Waals surface area (Å²) in [6.07, 6.45) is 0. The molecule has 0 N–H and O–H groups in total. The van der Waals surface area contributed by atoms with Gasteiger partial charge in [0.2, 0.25) is 0 Å². The van der Waals surface area contributed by atoms with Gasteiger partial charge in [-0.25, -0.2) is 0 Å². The molecule has 0 bridgehead atoms. The van der Waals surface area contributed by atoms with Gasteiger partial charge in [0.25, 0.3) is 0 Å². The van der Waals surface area contributed by atoms with Gasteiger partial charge in [0.05, 0.1) is 0 Å². The molecule has 0 saturated carbocycles. The van der Waals surface area contributed by atoms with Crippen molar-refractivity contribution < 1.29 is 0 Å². The second-order valence-electron chi connectivity index (χ2n) is 7.70. The molecule has 0 radical (unpaired) electrons. The van der Waals surface area contributed by atoms with Gasteiger partial charge in [-0.05, 0) is 34.0 Å². The van der Waals surface area contributed by atoms with Crippen molar-refractivity contribution in [3.63, 3.8) is 0 Å². The highest BCUT2D eigenvalue weighted by Gasteiger charge is 2.22. The molecule has 0 aliphatic rings. The molecule has 0 amide bonds. The molecule has 7 aromatic rings. The van der Waals surface area contributed by atoms with E-state index in [0.29, 0.717) is 0 Å². The summed E-state index contributed by atoms with van der Waals surface area (Å²) >= 11 is 3.84. The van der Waals surface area contributed by atoms with Crippen LogP contribution in [0.5, 0.6) is 0 Å². The Morgan fingerprint density at radius 1 is 0.367 bits per heavy atom. The SMILES string of the molecule is c1ccc(-c2sc3cccc4c5c(-c6ccccc6)sc6cccc(c2c34)c65)cc1. The maximum atomic E-state index is 2.32. The van der Waals surface area contributed by atoms with Crippen molar-refractivity contribution >= 4 is 64.4 Å². The smallest absolute Gasteiger partial charge is 0.0434 e. The molecule has 30 heavy (non-hydrogen) atoms. The molecule has 7 rings (SSSR count). The van der Waals surface area contributed by atoms with Crippen molar-refractivity contribution in [1.82, 2.24) is 0 Å². The zero-order valence-electron chi connectivity index (χ0n) is 16.1. The summed E-state index contributed by atoms with van der Waals surface area (Å²) in [5.74, 6) is 0. The minimum absolute atomic E-state index is 1.30. The van der Waals surface area contributed by atoms with E-state index < -0.39 is 0 Å². The van der Waals surface area contributed by atoms with Gasteiger partial charge in [-0.1, -0.05) is 84.9 Å². The average molecular weight is 417 g/mol. The molecule has 5 aromatic carbocycles. The highest BCUT2D eigenvalue weighted by Crippen LogP contribution is 2.52. The van der Waals surface area contributed by atoms with Gasteiger partial charge in [0.1, 0.15) is 0 Å². The number of rotatable bonds is 2. The van der Waals surface area contributed by atoms with Crippen LogP contribution in [0.3, 0.4) is 0 Å². The van der Waals surface area contributed by atoms with Crippen LogP contribution in [0.4, 0.5) is 0 Å². The minimum atomic E-state index is 1.30. The second-order valence-corrected chi connectivity index (χ2v) is 9.81. The van der Waals surface area contributed by atoms with Crippen LogP contribution >= 0.6 is 22.7 Å². The number of hydrogen-bond acceptors (Lipinski definition) is 2. The highest BCUT2D eigenvalue weighted by atomic mass is 32.1. The molecule has 2 heterocycles. The number of benzene rings is 5. The van der Waals surface area contributed by atoms with E-state index in [1.54, 1.807) is 0 Å². The fourth-order valence-electron chi connectivity index (χ4n) is 4.81. The van der Waals surface area contributed by atoms with E-state index in [1.165, 1.54) is 62.6 Å². The topological polar surface area (TPSA) is 0 Å². The number of fused-ring (bicyclic) bond motifs is 2.